The van der Waals surface area contributed by atoms with Crippen molar-refractivity contribution in [3.05, 3.63) is 70.1 Å². The molecule has 1 heterocycles. The molecule has 1 amide bonds. The number of furan rings is 1. The average molecular weight is 362 g/mol. The van der Waals surface area contributed by atoms with Crippen LogP contribution in [0.3, 0.4) is 0 Å². The fourth-order valence-electron chi connectivity index (χ4n) is 2.24. The molecule has 1 N–H and O–H groups in total. The van der Waals surface area contributed by atoms with Gasteiger partial charge in [0.05, 0.1) is 0 Å². The van der Waals surface area contributed by atoms with Crippen molar-refractivity contribution in [1.82, 2.24) is 5.32 Å². The first-order chi connectivity index (χ1) is 10.6. The lowest BCUT2D eigenvalue weighted by Crippen LogP contribution is -2.25. The molecular formula is C17H13BrFNO2. The van der Waals surface area contributed by atoms with Crippen LogP contribution in [0, 0.1) is 5.82 Å². The number of hydrogen-bond acceptors (Lipinski definition) is 2. The van der Waals surface area contributed by atoms with Crippen LogP contribution in [-0.2, 0) is 6.42 Å². The normalized spacial score (nSPS) is 10.8. The third-order valence-corrected chi connectivity index (χ3v) is 4.01. The Hall–Kier alpha value is -2.14. The molecule has 1 aromatic heterocycles. The predicted octanol–water partition coefficient (Wildman–Crippen LogP) is 4.31. The zero-order chi connectivity index (χ0) is 15.5. The Morgan fingerprint density at radius 1 is 1.18 bits per heavy atom. The predicted molar refractivity (Wildman–Crippen MR) is 86.4 cm³/mol. The molecule has 0 fully saturated rings. The van der Waals surface area contributed by atoms with Gasteiger partial charge in [0, 0.05) is 16.4 Å². The second-order valence-corrected chi connectivity index (χ2v) is 5.75. The molecule has 3 aromatic rings. The monoisotopic (exact) mass is 361 g/mol. The molecule has 0 spiro atoms. The number of rotatable bonds is 4. The minimum Gasteiger partial charge on any atom is -0.451 e. The molecule has 0 saturated heterocycles. The molecule has 0 aliphatic carbocycles. The highest BCUT2D eigenvalue weighted by Gasteiger charge is 2.13. The molecule has 0 unspecified atom stereocenters. The summed E-state index contributed by atoms with van der Waals surface area (Å²) in [4.78, 5) is 12.1. The van der Waals surface area contributed by atoms with Crippen LogP contribution in [-0.4, -0.2) is 12.5 Å². The molecule has 3 nitrogen and oxygen atoms in total. The molecule has 0 radical (unpaired) electrons. The van der Waals surface area contributed by atoms with E-state index in [0.29, 0.717) is 18.5 Å². The van der Waals surface area contributed by atoms with Crippen molar-refractivity contribution < 1.29 is 13.6 Å². The van der Waals surface area contributed by atoms with Crippen molar-refractivity contribution in [3.8, 4) is 0 Å². The van der Waals surface area contributed by atoms with E-state index in [0.717, 1.165) is 15.4 Å². The molecule has 3 rings (SSSR count). The van der Waals surface area contributed by atoms with E-state index in [4.69, 9.17) is 4.42 Å². The van der Waals surface area contributed by atoms with Crippen LogP contribution in [0.4, 0.5) is 4.39 Å². The van der Waals surface area contributed by atoms with Crippen LogP contribution in [0.2, 0.25) is 0 Å². The van der Waals surface area contributed by atoms with E-state index in [1.807, 2.05) is 24.3 Å². The minimum absolute atomic E-state index is 0.265. The number of carbonyl (C=O) groups excluding carboxylic acids is 1. The summed E-state index contributed by atoms with van der Waals surface area (Å²) in [5.41, 5.74) is 1.50. The van der Waals surface area contributed by atoms with E-state index in [1.165, 1.54) is 12.1 Å². The summed E-state index contributed by atoms with van der Waals surface area (Å²) >= 11 is 3.42. The molecule has 0 aliphatic heterocycles. The highest BCUT2D eigenvalue weighted by atomic mass is 79.9. The van der Waals surface area contributed by atoms with E-state index in [2.05, 4.69) is 21.2 Å². The van der Waals surface area contributed by atoms with E-state index < -0.39 is 0 Å². The maximum atomic E-state index is 13.1. The first kappa shape index (κ1) is 14.8. The lowest BCUT2D eigenvalue weighted by Gasteiger charge is -2.03. The molecule has 2 aromatic carbocycles. The number of amides is 1. The summed E-state index contributed by atoms with van der Waals surface area (Å²) < 4.78 is 19.5. The Morgan fingerprint density at radius 3 is 2.77 bits per heavy atom. The first-order valence-corrected chi connectivity index (χ1v) is 7.63. The van der Waals surface area contributed by atoms with Crippen molar-refractivity contribution in [1.29, 1.82) is 0 Å². The molecule has 0 bridgehead atoms. The minimum atomic E-state index is -0.278. The number of halogens is 2. The second-order valence-electron chi connectivity index (χ2n) is 4.90. The van der Waals surface area contributed by atoms with E-state index in [-0.39, 0.29) is 17.5 Å². The van der Waals surface area contributed by atoms with E-state index in [1.54, 1.807) is 12.1 Å². The Labute approximate surface area is 135 Å². The van der Waals surface area contributed by atoms with Gasteiger partial charge in [-0.15, -0.1) is 0 Å². The van der Waals surface area contributed by atoms with E-state index in [9.17, 15) is 9.18 Å². The number of nitrogens with one attached hydrogen (secondary N) is 1. The highest BCUT2D eigenvalue weighted by Crippen LogP contribution is 2.26. The van der Waals surface area contributed by atoms with Crippen LogP contribution in [0.5, 0.6) is 0 Å². The maximum Gasteiger partial charge on any atom is 0.287 e. The third kappa shape index (κ3) is 3.20. The van der Waals surface area contributed by atoms with Crippen molar-refractivity contribution in [2.45, 2.75) is 6.42 Å². The molecule has 0 saturated carbocycles. The zero-order valence-corrected chi connectivity index (χ0v) is 13.2. The Balaban J connectivity index is 1.65. The smallest absolute Gasteiger partial charge is 0.287 e. The summed E-state index contributed by atoms with van der Waals surface area (Å²) in [6.45, 7) is 0.417. The Morgan fingerprint density at radius 2 is 2.00 bits per heavy atom. The summed E-state index contributed by atoms with van der Waals surface area (Å²) in [6, 6.07) is 13.6. The lowest BCUT2D eigenvalue weighted by atomic mass is 10.1. The van der Waals surface area contributed by atoms with Gasteiger partial charge in [0.25, 0.3) is 5.91 Å². The molecule has 22 heavy (non-hydrogen) atoms. The zero-order valence-electron chi connectivity index (χ0n) is 11.6. The number of benzene rings is 2. The lowest BCUT2D eigenvalue weighted by molar-refractivity contribution is 0.0928. The maximum absolute atomic E-state index is 13.1. The number of hydrogen-bond donors (Lipinski definition) is 1. The van der Waals surface area contributed by atoms with Crippen LogP contribution in [0.1, 0.15) is 16.1 Å². The van der Waals surface area contributed by atoms with E-state index >= 15 is 0 Å². The van der Waals surface area contributed by atoms with Crippen molar-refractivity contribution in [2.75, 3.05) is 6.54 Å². The van der Waals surface area contributed by atoms with Gasteiger partial charge < -0.3 is 9.73 Å². The summed E-state index contributed by atoms with van der Waals surface area (Å²) in [6.07, 6.45) is 0.563. The number of carbonyl (C=O) groups is 1. The van der Waals surface area contributed by atoms with Gasteiger partial charge in [-0.2, -0.15) is 0 Å². The third-order valence-electron chi connectivity index (χ3n) is 3.32. The van der Waals surface area contributed by atoms with Gasteiger partial charge in [0.15, 0.2) is 5.76 Å². The Kier molecular flexibility index (Phi) is 4.24. The largest absolute Gasteiger partial charge is 0.451 e. The molecule has 5 heteroatoms. The van der Waals surface area contributed by atoms with Crippen molar-refractivity contribution in [2.24, 2.45) is 0 Å². The van der Waals surface area contributed by atoms with Gasteiger partial charge >= 0.3 is 0 Å². The van der Waals surface area contributed by atoms with Gasteiger partial charge in [-0.05, 0) is 42.3 Å². The topological polar surface area (TPSA) is 42.2 Å². The van der Waals surface area contributed by atoms with Gasteiger partial charge in [0.1, 0.15) is 11.4 Å². The quantitative estimate of drug-likeness (QED) is 0.752. The summed E-state index contributed by atoms with van der Waals surface area (Å²) in [5.74, 6) is -0.286. The molecule has 0 aliphatic rings. The first-order valence-electron chi connectivity index (χ1n) is 6.84. The number of fused-ring (bicyclic) bond motifs is 1. The Bertz CT molecular complexity index is 828. The SMILES string of the molecule is O=C(NCCc1cccc(F)c1)c1cc2c(Br)cccc2o1. The van der Waals surface area contributed by atoms with Crippen LogP contribution in [0.25, 0.3) is 11.0 Å². The average Bonchev–Trinajstić information content (AvgIpc) is 2.93. The molecular weight excluding hydrogens is 349 g/mol. The second kappa shape index (κ2) is 6.32. The van der Waals surface area contributed by atoms with Crippen LogP contribution in [0.15, 0.2) is 57.4 Å². The van der Waals surface area contributed by atoms with Crippen LogP contribution < -0.4 is 5.32 Å². The molecule has 0 atom stereocenters. The summed E-state index contributed by atoms with van der Waals surface area (Å²) in [7, 11) is 0. The van der Waals surface area contributed by atoms with Gasteiger partial charge in [-0.25, -0.2) is 4.39 Å². The van der Waals surface area contributed by atoms with Crippen molar-refractivity contribution in [3.63, 3.8) is 0 Å². The highest BCUT2D eigenvalue weighted by molar-refractivity contribution is 9.10. The fourth-order valence-corrected chi connectivity index (χ4v) is 2.70. The molecule has 112 valence electrons. The summed E-state index contributed by atoms with van der Waals surface area (Å²) in [5, 5.41) is 3.64. The van der Waals surface area contributed by atoms with Crippen molar-refractivity contribution >= 4 is 32.8 Å². The van der Waals surface area contributed by atoms with Gasteiger partial charge in [-0.3, -0.25) is 4.79 Å². The van der Waals surface area contributed by atoms with Gasteiger partial charge in [-0.1, -0.05) is 34.1 Å². The van der Waals surface area contributed by atoms with Gasteiger partial charge in [0.2, 0.25) is 0 Å². The fraction of sp³-hybridized carbons (Fsp3) is 0.118. The van der Waals surface area contributed by atoms with Crippen LogP contribution >= 0.6 is 15.9 Å². The standard InChI is InChI=1S/C17H13BrFNO2/c18-14-5-2-6-15-13(14)10-16(22-15)17(21)20-8-7-11-3-1-4-12(19)9-11/h1-6,9-10H,7-8H2,(H,20,21).